The number of H-pyrrole nitrogens is 1. The quantitative estimate of drug-likeness (QED) is 0.693. The maximum Gasteiger partial charge on any atom is 0.326 e. The molecular weight excluding hydrogens is 260 g/mol. The molecule has 20 heavy (non-hydrogen) atoms. The second kappa shape index (κ2) is 5.24. The van der Waals surface area contributed by atoms with Crippen LogP contribution in [0.2, 0.25) is 0 Å². The number of nitrogens with zero attached hydrogens (tertiary/aromatic N) is 2. The topological polar surface area (TPSA) is 98.3 Å². The van der Waals surface area contributed by atoms with Crippen molar-refractivity contribution in [2.75, 3.05) is 13.1 Å². The lowest BCUT2D eigenvalue weighted by Crippen LogP contribution is -2.52. The Bertz CT molecular complexity index is 521. The van der Waals surface area contributed by atoms with Crippen LogP contribution in [-0.2, 0) is 22.6 Å². The normalized spacial score (nSPS) is 26.1. The molecule has 1 fully saturated rings. The summed E-state index contributed by atoms with van der Waals surface area (Å²) in [6, 6.07) is -0.805. The third-order valence-corrected chi connectivity index (χ3v) is 4.11. The van der Waals surface area contributed by atoms with Gasteiger partial charge in [0, 0.05) is 13.0 Å². The number of hydrogen-bond donors (Lipinski definition) is 3. The molecule has 108 valence electrons. The zero-order valence-corrected chi connectivity index (χ0v) is 11.1. The summed E-state index contributed by atoms with van der Waals surface area (Å²) in [6.07, 6.45) is 3.61. The minimum atomic E-state index is -0.962. The van der Waals surface area contributed by atoms with Gasteiger partial charge in [-0.25, -0.2) is 9.78 Å². The van der Waals surface area contributed by atoms with E-state index in [1.165, 1.54) is 4.90 Å². The molecule has 1 aromatic heterocycles. The van der Waals surface area contributed by atoms with Crippen molar-refractivity contribution in [1.82, 2.24) is 20.2 Å². The number of amides is 1. The molecule has 2 aliphatic rings. The molecule has 2 atom stereocenters. The number of carbonyl (C=O) groups excluding carboxylic acids is 1. The van der Waals surface area contributed by atoms with Gasteiger partial charge in [0.2, 0.25) is 5.91 Å². The van der Waals surface area contributed by atoms with Gasteiger partial charge in [0.25, 0.3) is 0 Å². The number of carboxylic acids is 1. The number of rotatable bonds is 2. The molecule has 0 aromatic carbocycles. The minimum Gasteiger partial charge on any atom is -0.480 e. The second-order valence-corrected chi connectivity index (χ2v) is 5.40. The van der Waals surface area contributed by atoms with Crippen LogP contribution in [0, 0.1) is 5.92 Å². The lowest BCUT2D eigenvalue weighted by Gasteiger charge is -2.35. The van der Waals surface area contributed by atoms with Gasteiger partial charge in [0.15, 0.2) is 0 Å². The number of hydrogen-bond acceptors (Lipinski definition) is 4. The Morgan fingerprint density at radius 2 is 2.30 bits per heavy atom. The summed E-state index contributed by atoms with van der Waals surface area (Å²) in [5, 5.41) is 12.6. The van der Waals surface area contributed by atoms with Crippen LogP contribution in [0.4, 0.5) is 0 Å². The maximum atomic E-state index is 12.6. The molecule has 3 rings (SSSR count). The van der Waals surface area contributed by atoms with Gasteiger partial charge >= 0.3 is 5.97 Å². The average molecular weight is 278 g/mol. The van der Waals surface area contributed by atoms with Crippen LogP contribution in [0.3, 0.4) is 0 Å². The van der Waals surface area contributed by atoms with Crippen molar-refractivity contribution in [2.45, 2.75) is 31.8 Å². The number of aliphatic carboxylic acids is 1. The van der Waals surface area contributed by atoms with Crippen molar-refractivity contribution in [1.29, 1.82) is 0 Å². The molecule has 1 unspecified atom stereocenters. The molecule has 0 aliphatic carbocycles. The molecule has 1 amide bonds. The molecule has 0 spiro atoms. The van der Waals surface area contributed by atoms with Crippen LogP contribution in [0.25, 0.3) is 0 Å². The number of carbonyl (C=O) groups is 2. The highest BCUT2D eigenvalue weighted by molar-refractivity contribution is 5.86. The fourth-order valence-corrected chi connectivity index (χ4v) is 2.99. The Kier molecular flexibility index (Phi) is 3.43. The van der Waals surface area contributed by atoms with E-state index < -0.39 is 12.0 Å². The van der Waals surface area contributed by atoms with Gasteiger partial charge < -0.3 is 20.3 Å². The molecule has 1 aromatic rings. The van der Waals surface area contributed by atoms with Crippen LogP contribution in [0.15, 0.2) is 6.33 Å². The van der Waals surface area contributed by atoms with Gasteiger partial charge in [0.05, 0.1) is 30.2 Å². The van der Waals surface area contributed by atoms with Crippen LogP contribution < -0.4 is 5.32 Å². The van der Waals surface area contributed by atoms with Crippen molar-refractivity contribution in [3.05, 3.63) is 17.7 Å². The van der Waals surface area contributed by atoms with Crippen LogP contribution in [-0.4, -0.2) is 51.0 Å². The first kappa shape index (κ1) is 13.1. The van der Waals surface area contributed by atoms with E-state index >= 15 is 0 Å². The summed E-state index contributed by atoms with van der Waals surface area (Å²) in [6.45, 7) is 1.87. The molecular formula is C13H18N4O3. The third-order valence-electron chi connectivity index (χ3n) is 4.11. The molecule has 0 saturated carbocycles. The highest BCUT2D eigenvalue weighted by Gasteiger charge is 2.38. The number of nitrogens with one attached hydrogen (secondary N) is 2. The highest BCUT2D eigenvalue weighted by atomic mass is 16.4. The summed E-state index contributed by atoms with van der Waals surface area (Å²) >= 11 is 0. The zero-order valence-electron chi connectivity index (χ0n) is 11.1. The van der Waals surface area contributed by atoms with Crippen molar-refractivity contribution < 1.29 is 14.7 Å². The number of imidazole rings is 1. The van der Waals surface area contributed by atoms with Crippen molar-refractivity contribution >= 4 is 11.9 Å². The number of aromatic amines is 1. The predicted molar refractivity (Wildman–Crippen MR) is 69.9 cm³/mol. The van der Waals surface area contributed by atoms with E-state index in [0.29, 0.717) is 13.1 Å². The number of piperidine rings is 1. The number of carboxylic acid groups (broad SMARTS) is 1. The van der Waals surface area contributed by atoms with E-state index in [9.17, 15) is 14.7 Å². The summed E-state index contributed by atoms with van der Waals surface area (Å²) in [5.74, 6) is -1.14. The first-order valence-electron chi connectivity index (χ1n) is 6.92. The highest BCUT2D eigenvalue weighted by Crippen LogP contribution is 2.24. The first-order valence-corrected chi connectivity index (χ1v) is 6.92. The lowest BCUT2D eigenvalue weighted by atomic mass is 9.94. The predicted octanol–water partition coefficient (Wildman–Crippen LogP) is -0.253. The molecule has 3 N–H and O–H groups in total. The van der Waals surface area contributed by atoms with E-state index in [0.717, 1.165) is 30.8 Å². The molecule has 0 radical (unpaired) electrons. The SMILES string of the molecule is O=C(O)C1Cc2nc[nH]c2CN1C(=O)[C@H]1CCCNC1. The van der Waals surface area contributed by atoms with Crippen LogP contribution in [0.1, 0.15) is 24.2 Å². The number of aromatic nitrogens is 2. The Morgan fingerprint density at radius 1 is 1.45 bits per heavy atom. The van der Waals surface area contributed by atoms with Crippen LogP contribution >= 0.6 is 0 Å². The first-order chi connectivity index (χ1) is 9.66. The lowest BCUT2D eigenvalue weighted by molar-refractivity contribution is -0.153. The standard InChI is InChI=1S/C13H18N4O3/c18-12(8-2-1-3-14-5-8)17-6-10-9(15-7-16-10)4-11(17)13(19)20/h7-8,11,14H,1-6H2,(H,15,16)(H,19,20)/t8-,11?/m0/s1. The van der Waals surface area contributed by atoms with Crippen molar-refractivity contribution in [3.8, 4) is 0 Å². The van der Waals surface area contributed by atoms with Gasteiger partial charge in [0.1, 0.15) is 6.04 Å². The van der Waals surface area contributed by atoms with Crippen molar-refractivity contribution in [3.63, 3.8) is 0 Å². The third kappa shape index (κ3) is 2.29. The van der Waals surface area contributed by atoms with E-state index in [-0.39, 0.29) is 18.2 Å². The molecule has 1 saturated heterocycles. The Labute approximate surface area is 116 Å². The van der Waals surface area contributed by atoms with Gasteiger partial charge in [-0.15, -0.1) is 0 Å². The van der Waals surface area contributed by atoms with Gasteiger partial charge in [-0.05, 0) is 19.4 Å². The van der Waals surface area contributed by atoms with Gasteiger partial charge in [-0.3, -0.25) is 4.79 Å². The van der Waals surface area contributed by atoms with E-state index in [1.807, 2.05) is 0 Å². The Balaban J connectivity index is 1.82. The average Bonchev–Trinajstić information content (AvgIpc) is 2.93. The largest absolute Gasteiger partial charge is 0.480 e. The molecule has 7 nitrogen and oxygen atoms in total. The fraction of sp³-hybridized carbons (Fsp3) is 0.615. The van der Waals surface area contributed by atoms with E-state index in [2.05, 4.69) is 15.3 Å². The molecule has 3 heterocycles. The van der Waals surface area contributed by atoms with Crippen LogP contribution in [0.5, 0.6) is 0 Å². The Morgan fingerprint density at radius 3 is 3.00 bits per heavy atom. The van der Waals surface area contributed by atoms with Gasteiger partial charge in [-0.2, -0.15) is 0 Å². The summed E-state index contributed by atoms with van der Waals surface area (Å²) in [5.41, 5.74) is 1.60. The maximum absolute atomic E-state index is 12.6. The fourth-order valence-electron chi connectivity index (χ4n) is 2.99. The molecule has 7 heteroatoms. The summed E-state index contributed by atoms with van der Waals surface area (Å²) in [4.78, 5) is 32.6. The van der Waals surface area contributed by atoms with Gasteiger partial charge in [-0.1, -0.05) is 0 Å². The Hall–Kier alpha value is -1.89. The van der Waals surface area contributed by atoms with Crippen molar-refractivity contribution in [2.24, 2.45) is 5.92 Å². The second-order valence-electron chi connectivity index (χ2n) is 5.40. The van der Waals surface area contributed by atoms with E-state index in [1.54, 1.807) is 6.33 Å². The smallest absolute Gasteiger partial charge is 0.326 e. The van der Waals surface area contributed by atoms with E-state index in [4.69, 9.17) is 0 Å². The number of fused-ring (bicyclic) bond motifs is 1. The summed E-state index contributed by atoms with van der Waals surface area (Å²) in [7, 11) is 0. The minimum absolute atomic E-state index is 0.0650. The summed E-state index contributed by atoms with van der Waals surface area (Å²) < 4.78 is 0. The molecule has 2 aliphatic heterocycles. The zero-order chi connectivity index (χ0) is 14.1. The monoisotopic (exact) mass is 278 g/mol. The molecule has 0 bridgehead atoms.